The van der Waals surface area contributed by atoms with E-state index in [0.717, 1.165) is 25.9 Å². The van der Waals surface area contributed by atoms with Crippen LogP contribution in [0.5, 0.6) is 0 Å². The monoisotopic (exact) mass is 646 g/mol. The zero-order valence-electron chi connectivity index (χ0n) is 24.9. The van der Waals surface area contributed by atoms with Gasteiger partial charge in [0.15, 0.2) is 11.5 Å². The number of anilines is 1. The molecule has 0 atom stereocenters. The van der Waals surface area contributed by atoms with Crippen molar-refractivity contribution in [3.63, 3.8) is 0 Å². The third kappa shape index (κ3) is 7.06. The number of piperidine rings is 1. The predicted molar refractivity (Wildman–Crippen MR) is 162 cm³/mol. The molecule has 15 heteroatoms. The Morgan fingerprint density at radius 2 is 1.80 bits per heavy atom. The lowest BCUT2D eigenvalue weighted by Gasteiger charge is -2.37. The Morgan fingerprint density at radius 3 is 2.44 bits per heavy atom. The zero-order chi connectivity index (χ0) is 32.3. The van der Waals surface area contributed by atoms with E-state index in [2.05, 4.69) is 20.7 Å². The lowest BCUT2D eigenvalue weighted by Crippen LogP contribution is -2.52. The van der Waals surface area contributed by atoms with Gasteiger partial charge in [-0.05, 0) is 51.1 Å². The minimum absolute atomic E-state index is 0.0210. The fraction of sp³-hybridized carbons (Fsp3) is 0.433. The minimum Gasteiger partial charge on any atom is -0.339 e. The molecular weight excluding hydrogens is 613 g/mol. The van der Waals surface area contributed by atoms with Crippen molar-refractivity contribution >= 4 is 35.0 Å². The molecule has 0 unspecified atom stereocenters. The molecule has 2 N–H and O–H groups in total. The third-order valence-electron chi connectivity index (χ3n) is 8.05. The lowest BCUT2D eigenvalue weighted by atomic mass is 9.96. The molecule has 2 aliphatic heterocycles. The largest absolute Gasteiger partial charge is 0.435 e. The highest BCUT2D eigenvalue weighted by Gasteiger charge is 2.38. The van der Waals surface area contributed by atoms with E-state index in [1.54, 1.807) is 24.0 Å². The molecule has 1 aromatic carbocycles. The zero-order valence-corrected chi connectivity index (χ0v) is 25.7. The first kappa shape index (κ1) is 32.2. The van der Waals surface area contributed by atoms with Crippen molar-refractivity contribution in [3.05, 3.63) is 64.8 Å². The summed E-state index contributed by atoms with van der Waals surface area (Å²) in [4.78, 5) is 46.7. The topological polar surface area (TPSA) is 117 Å². The average molecular weight is 647 g/mol. The summed E-state index contributed by atoms with van der Waals surface area (Å²) in [5.41, 5.74) is -0.691. The Bertz CT molecular complexity index is 1600. The molecule has 0 bridgehead atoms. The van der Waals surface area contributed by atoms with Gasteiger partial charge >= 0.3 is 6.18 Å². The lowest BCUT2D eigenvalue weighted by molar-refractivity contribution is -0.141. The van der Waals surface area contributed by atoms with Crippen LogP contribution in [0.3, 0.4) is 0 Å². The van der Waals surface area contributed by atoms with E-state index in [-0.39, 0.29) is 57.6 Å². The molecule has 3 amide bonds. The first-order chi connectivity index (χ1) is 21.5. The Balaban J connectivity index is 1.24. The van der Waals surface area contributed by atoms with Gasteiger partial charge in [-0.2, -0.15) is 18.3 Å². The fourth-order valence-electron chi connectivity index (χ4n) is 5.58. The molecule has 2 aromatic heterocycles. The highest BCUT2D eigenvalue weighted by atomic mass is 35.5. The van der Waals surface area contributed by atoms with Gasteiger partial charge in [0.05, 0.1) is 34.6 Å². The highest BCUT2D eigenvalue weighted by Crippen LogP contribution is 2.36. The summed E-state index contributed by atoms with van der Waals surface area (Å²) in [6.45, 7) is 5.24. The van der Waals surface area contributed by atoms with Gasteiger partial charge < -0.3 is 25.0 Å². The number of nitrogens with one attached hydrogen (secondary N) is 2. The summed E-state index contributed by atoms with van der Waals surface area (Å²) in [5.74, 6) is -0.929. The molecule has 2 aliphatic rings. The Kier molecular flexibility index (Phi) is 9.63. The van der Waals surface area contributed by atoms with Crippen molar-refractivity contribution in [2.45, 2.75) is 32.5 Å². The molecular formula is C30H34ClF3N8O3. The maximum Gasteiger partial charge on any atom is 0.435 e. The second-order valence-electron chi connectivity index (χ2n) is 11.0. The number of imidazole rings is 1. The third-order valence-corrected chi connectivity index (χ3v) is 8.36. The van der Waals surface area contributed by atoms with Gasteiger partial charge in [0.2, 0.25) is 5.91 Å². The van der Waals surface area contributed by atoms with Gasteiger partial charge in [-0.1, -0.05) is 23.8 Å². The Hall–Kier alpha value is -4.17. The summed E-state index contributed by atoms with van der Waals surface area (Å²) >= 11 is 6.46. The summed E-state index contributed by atoms with van der Waals surface area (Å²) in [5, 5.41) is 9.71. The summed E-state index contributed by atoms with van der Waals surface area (Å²) in [7, 11) is 1.44. The molecule has 11 nitrogen and oxygen atoms in total. The predicted octanol–water partition coefficient (Wildman–Crippen LogP) is 4.07. The second-order valence-corrected chi connectivity index (χ2v) is 11.4. The fourth-order valence-corrected chi connectivity index (χ4v) is 5.84. The molecule has 3 aromatic rings. The van der Waals surface area contributed by atoms with Gasteiger partial charge in [0.1, 0.15) is 0 Å². The van der Waals surface area contributed by atoms with Gasteiger partial charge in [-0.25, -0.2) is 4.98 Å². The summed E-state index contributed by atoms with van der Waals surface area (Å²) in [6, 6.07) is 4.46. The number of halogens is 4. The van der Waals surface area contributed by atoms with Gasteiger partial charge in [0, 0.05) is 51.0 Å². The number of hydrogen-bond acceptors (Lipinski definition) is 6. The number of carbonyl (C=O) groups excluding carboxylic acids is 3. The number of allylic oxidation sites excluding steroid dienone is 2. The Morgan fingerprint density at radius 1 is 1.11 bits per heavy atom. The number of nitrogens with zero attached hydrogens (tertiary/aromatic N) is 6. The van der Waals surface area contributed by atoms with Crippen LogP contribution >= 0.6 is 11.6 Å². The van der Waals surface area contributed by atoms with Crippen LogP contribution in [0.15, 0.2) is 42.7 Å². The smallest absolute Gasteiger partial charge is 0.339 e. The van der Waals surface area contributed by atoms with Crippen molar-refractivity contribution in [3.8, 4) is 11.3 Å². The van der Waals surface area contributed by atoms with Crippen molar-refractivity contribution in [1.29, 1.82) is 0 Å². The van der Waals surface area contributed by atoms with Crippen LogP contribution < -0.4 is 10.6 Å². The second kappa shape index (κ2) is 13.4. The van der Waals surface area contributed by atoms with E-state index in [1.807, 2.05) is 4.90 Å². The Labute approximate surface area is 263 Å². The van der Waals surface area contributed by atoms with Gasteiger partial charge in [-0.3, -0.25) is 19.1 Å². The van der Waals surface area contributed by atoms with Crippen molar-refractivity contribution in [2.75, 3.05) is 44.6 Å². The SMILES string of the molecule is CC=CCn1cc(-c2cnc(C(=O)Nc3ccc(C(=O)N4CCN(C(=O)C5CCNCC5)CC4)c(Cl)c3)n2C)c(C(F)(F)F)n1. The van der Waals surface area contributed by atoms with E-state index in [0.29, 0.717) is 26.2 Å². The number of piperazine rings is 1. The number of alkyl halides is 3. The van der Waals surface area contributed by atoms with Crippen LogP contribution in [-0.2, 0) is 24.6 Å². The molecule has 2 saturated heterocycles. The van der Waals surface area contributed by atoms with E-state index in [1.165, 1.54) is 46.9 Å². The molecule has 2 fully saturated rings. The molecule has 5 rings (SSSR count). The number of benzene rings is 1. The number of rotatable bonds is 7. The first-order valence-corrected chi connectivity index (χ1v) is 15.0. The number of aromatic nitrogens is 4. The molecule has 45 heavy (non-hydrogen) atoms. The molecule has 0 spiro atoms. The van der Waals surface area contributed by atoms with Crippen molar-refractivity contribution in [1.82, 2.24) is 34.4 Å². The number of hydrogen-bond donors (Lipinski definition) is 2. The van der Waals surface area contributed by atoms with Crippen LogP contribution in [0, 0.1) is 5.92 Å². The van der Waals surface area contributed by atoms with Crippen LogP contribution in [0.25, 0.3) is 11.3 Å². The van der Waals surface area contributed by atoms with Crippen molar-refractivity contribution in [2.24, 2.45) is 13.0 Å². The molecule has 0 saturated carbocycles. The van der Waals surface area contributed by atoms with Gasteiger partial charge in [0.25, 0.3) is 11.8 Å². The van der Waals surface area contributed by atoms with Crippen LogP contribution in [0.1, 0.15) is 46.4 Å². The van der Waals surface area contributed by atoms with E-state index < -0.39 is 17.8 Å². The molecule has 240 valence electrons. The average Bonchev–Trinajstić information content (AvgIpc) is 3.63. The first-order valence-electron chi connectivity index (χ1n) is 14.7. The summed E-state index contributed by atoms with van der Waals surface area (Å²) in [6.07, 6.45) is 2.76. The quantitative estimate of drug-likeness (QED) is 0.374. The number of amides is 3. The van der Waals surface area contributed by atoms with Crippen LogP contribution in [-0.4, -0.2) is 86.1 Å². The standard InChI is InChI=1S/C30H34ClF3N8O3/c1-3-4-11-42-18-22(25(38-42)30(32,33)34)24-17-36-26(39(24)2)27(43)37-20-5-6-21(23(31)16-20)29(45)41-14-12-40(13-15-41)28(44)19-7-9-35-10-8-19/h3-6,16-19,35H,7-15H2,1-2H3,(H,37,43). The highest BCUT2D eigenvalue weighted by molar-refractivity contribution is 6.34. The van der Waals surface area contributed by atoms with E-state index in [9.17, 15) is 27.6 Å². The molecule has 4 heterocycles. The van der Waals surface area contributed by atoms with Crippen LogP contribution in [0.4, 0.5) is 18.9 Å². The minimum atomic E-state index is -4.71. The molecule has 0 radical (unpaired) electrons. The van der Waals surface area contributed by atoms with E-state index >= 15 is 0 Å². The normalized spacial score (nSPS) is 16.4. The number of carbonyl (C=O) groups is 3. The summed E-state index contributed by atoms with van der Waals surface area (Å²) < 4.78 is 43.7. The van der Waals surface area contributed by atoms with Gasteiger partial charge in [-0.15, -0.1) is 0 Å². The maximum atomic E-state index is 13.8. The maximum absolute atomic E-state index is 13.8. The van der Waals surface area contributed by atoms with Crippen molar-refractivity contribution < 1.29 is 27.6 Å². The molecule has 0 aliphatic carbocycles. The van der Waals surface area contributed by atoms with Crippen LogP contribution in [0.2, 0.25) is 5.02 Å². The van der Waals surface area contributed by atoms with E-state index in [4.69, 9.17) is 11.6 Å².